The van der Waals surface area contributed by atoms with Crippen LogP contribution < -0.4 is 0 Å². The van der Waals surface area contributed by atoms with Gasteiger partial charge in [0.25, 0.3) is 0 Å². The average molecular weight is 887 g/mol. The maximum atomic E-state index is 10.8. The molecular formula is C54H82N2O8. The molecule has 0 aromatic heterocycles. The van der Waals surface area contributed by atoms with Crippen LogP contribution in [0.5, 0.6) is 5.75 Å². The zero-order chi connectivity index (χ0) is 49.4. The second kappa shape index (κ2) is 43.5. The highest BCUT2D eigenvalue weighted by Crippen LogP contribution is 2.34. The van der Waals surface area contributed by atoms with Crippen molar-refractivity contribution in [2.75, 3.05) is 20.6 Å². The van der Waals surface area contributed by atoms with Crippen LogP contribution in [0.2, 0.25) is 0 Å². The molecule has 3 atom stereocenters. The topological polar surface area (TPSA) is 165 Å². The molecule has 0 saturated heterocycles. The number of carboxylic acids is 1. The van der Waals surface area contributed by atoms with E-state index in [4.69, 9.17) is 44.4 Å². The standard InChI is InChI=1S/C14H23NO2.C14H2.C13H18O2.C13H4.HNO2.O2.17H2/c1-5-14(17,11(2)10-15(3)4)12-7-6-8-13(16)9-12;1-3-5-7-9-11-13-14-12-10-8-6-4-2;1-9(2)8-11-4-6-12(7-5-11)10(3)13(14)15;1-3-5-7-9-11-13-12-10-8-6-4-2;2-1-3;1-2;;;;;;;;;;;;;;;;;/h6-9,11,16-17H,5,10H2,1-4H3;1-2H;4-7,9-10H,8H2,1-3H3,(H,14,15);1H,2H3;(H,2,3);;17*1H/t11-,14-;;10-;;;;;;;;;;;;;;;;;;;;/m1.1..................../s1. The highest BCUT2D eigenvalue weighted by Gasteiger charge is 2.34. The van der Waals surface area contributed by atoms with E-state index in [0.717, 1.165) is 24.1 Å². The summed E-state index contributed by atoms with van der Waals surface area (Å²) in [6, 6.07) is 14.8. The summed E-state index contributed by atoms with van der Waals surface area (Å²) in [7, 11) is 3.99. The van der Waals surface area contributed by atoms with Crippen molar-refractivity contribution in [3.8, 4) is 161 Å². The number of carboxylic acid groups (broad SMARTS) is 1. The summed E-state index contributed by atoms with van der Waals surface area (Å²) in [5.41, 5.74) is 2.04. The van der Waals surface area contributed by atoms with Gasteiger partial charge in [0, 0.05) is 46.6 Å². The largest absolute Gasteiger partial charge is 0.508 e. The van der Waals surface area contributed by atoms with Gasteiger partial charge in [-0.3, -0.25) is 4.79 Å². The second-order valence-electron chi connectivity index (χ2n) is 12.5. The van der Waals surface area contributed by atoms with Crippen molar-refractivity contribution >= 4 is 5.97 Å². The molecule has 356 valence electrons. The summed E-state index contributed by atoms with van der Waals surface area (Å²) in [6.45, 7) is 12.6. The minimum atomic E-state index is -0.886. The molecule has 10 nitrogen and oxygen atoms in total. The van der Waals surface area contributed by atoms with E-state index in [1.807, 2.05) is 58.3 Å². The maximum absolute atomic E-state index is 10.8. The van der Waals surface area contributed by atoms with Gasteiger partial charge in [0.05, 0.1) is 11.5 Å². The third kappa shape index (κ3) is 36.0. The Labute approximate surface area is 405 Å². The Morgan fingerprint density at radius 2 is 1.09 bits per heavy atom. The Kier molecular flexibility index (Phi) is 41.8. The number of phenols is 1. The molecule has 0 heterocycles. The van der Waals surface area contributed by atoms with Crippen LogP contribution in [0.15, 0.2) is 53.9 Å². The van der Waals surface area contributed by atoms with E-state index < -0.39 is 17.5 Å². The number of hydrogen-bond acceptors (Lipinski definition) is 8. The SMILES string of the molecule is C#CC#CC#CC#CC#CC#CC.C#CC#CC#CC#CC#CC#CC#C.CC(C)Cc1ccc([C@@H](C)C(=O)O)cc1.CC[C@](O)(c1cccc(O)c1)[C@H](C)CN(C)C.O=NO.O=O.[HH].[HH].[HH].[HH].[HH].[HH].[HH].[HH].[HH].[HH].[HH].[HH].[HH].[HH].[HH].[HH].[HH]. The first-order chi connectivity index (χ1) is 30.6. The van der Waals surface area contributed by atoms with Crippen LogP contribution >= 0.6 is 0 Å². The molecule has 0 saturated carbocycles. The van der Waals surface area contributed by atoms with Gasteiger partial charge in [-0.05, 0) is 206 Å². The molecule has 0 aliphatic carbocycles. The van der Waals surface area contributed by atoms with Crippen molar-refractivity contribution < 1.29 is 49.6 Å². The fourth-order valence-corrected chi connectivity index (χ4v) is 4.51. The molecule has 0 aliphatic rings. The molecule has 0 unspecified atom stereocenters. The predicted octanol–water partition coefficient (Wildman–Crippen LogP) is 10.6. The van der Waals surface area contributed by atoms with Gasteiger partial charge in [-0.1, -0.05) is 70.0 Å². The summed E-state index contributed by atoms with van der Waals surface area (Å²) in [5, 5.41) is 37.0. The number of phenolic OH excluding ortho intramolecular Hbond substituents is 1. The number of carbonyl (C=O) groups is 1. The Bertz CT molecular complexity index is 2560. The first kappa shape index (κ1) is 61.6. The first-order valence-electron chi connectivity index (χ1n) is 18.5. The molecule has 0 aliphatic heterocycles. The fraction of sp³-hybridized carbons (Fsp3) is 0.278. The molecule has 2 rings (SSSR count). The Morgan fingerprint density at radius 1 is 0.719 bits per heavy atom. The molecule has 0 fully saturated rings. The van der Waals surface area contributed by atoms with Gasteiger partial charge in [0.1, 0.15) is 5.75 Å². The van der Waals surface area contributed by atoms with Crippen molar-refractivity contribution in [2.24, 2.45) is 17.2 Å². The van der Waals surface area contributed by atoms with E-state index >= 15 is 0 Å². The van der Waals surface area contributed by atoms with E-state index in [2.05, 4.69) is 155 Å². The minimum absolute atomic E-state index is 0. The van der Waals surface area contributed by atoms with Gasteiger partial charge in [-0.15, -0.1) is 24.2 Å². The smallest absolute Gasteiger partial charge is 0.310 e. The van der Waals surface area contributed by atoms with E-state index in [-0.39, 0.29) is 35.9 Å². The van der Waals surface area contributed by atoms with Gasteiger partial charge < -0.3 is 25.4 Å². The summed E-state index contributed by atoms with van der Waals surface area (Å²) in [4.78, 5) is 34.9. The van der Waals surface area contributed by atoms with Gasteiger partial charge in [0.15, 0.2) is 5.34 Å². The number of aromatic hydroxyl groups is 1. The molecule has 0 bridgehead atoms. The van der Waals surface area contributed by atoms with Crippen molar-refractivity contribution in [2.45, 2.75) is 65.9 Å². The predicted molar refractivity (Wildman–Crippen MR) is 291 cm³/mol. The molecule has 0 spiro atoms. The van der Waals surface area contributed by atoms with Crippen LogP contribution in [0.4, 0.5) is 0 Å². The number of rotatable bonds is 9. The number of hydrogen-bond donors (Lipinski definition) is 4. The summed E-state index contributed by atoms with van der Waals surface area (Å²) >= 11 is 0. The third-order valence-electron chi connectivity index (χ3n) is 7.24. The van der Waals surface area contributed by atoms with E-state index in [9.17, 15) is 15.0 Å². The lowest BCUT2D eigenvalue weighted by Gasteiger charge is -2.35. The number of nitrogens with zero attached hydrogens (tertiary/aromatic N) is 2. The maximum Gasteiger partial charge on any atom is 0.310 e. The van der Waals surface area contributed by atoms with Crippen molar-refractivity contribution in [3.05, 3.63) is 80.1 Å². The zero-order valence-electron chi connectivity index (χ0n) is 37.0. The molecule has 4 N–H and O–H groups in total. The average Bonchev–Trinajstić information content (AvgIpc) is 3.27. The number of terminal acetylenes is 3. The highest BCUT2D eigenvalue weighted by atomic mass is 16.7. The first-order valence-corrected chi connectivity index (χ1v) is 18.5. The lowest BCUT2D eigenvalue weighted by Crippen LogP contribution is -2.38. The number of aliphatic carboxylic acids is 1. The van der Waals surface area contributed by atoms with Crippen molar-refractivity contribution in [3.63, 3.8) is 0 Å². The van der Waals surface area contributed by atoms with Crippen LogP contribution in [0.1, 0.15) is 94.8 Å². The molecule has 0 amide bonds. The normalized spacial score (nSPS) is 9.25. The summed E-state index contributed by atoms with van der Waals surface area (Å²) in [6.07, 6.45) is 16.2. The zero-order valence-corrected chi connectivity index (χ0v) is 37.0. The van der Waals surface area contributed by atoms with E-state index in [0.29, 0.717) is 12.3 Å². The quantitative estimate of drug-likeness (QED) is 0.109. The van der Waals surface area contributed by atoms with Crippen LogP contribution in [0.25, 0.3) is 0 Å². The monoisotopic (exact) mass is 887 g/mol. The number of aliphatic hydroxyl groups is 1. The number of benzene rings is 2. The Morgan fingerprint density at radius 3 is 1.39 bits per heavy atom. The Balaban J connectivity index is -0.0000000285. The highest BCUT2D eigenvalue weighted by molar-refractivity contribution is 5.75. The van der Waals surface area contributed by atoms with Crippen LogP contribution in [-0.2, 0) is 16.8 Å². The van der Waals surface area contributed by atoms with Crippen LogP contribution in [0, 0.1) is 182 Å². The summed E-state index contributed by atoms with van der Waals surface area (Å²) < 4.78 is 0. The lowest BCUT2D eigenvalue weighted by atomic mass is 9.80. The molecule has 2 aromatic carbocycles. The van der Waals surface area contributed by atoms with E-state index in [1.165, 1.54) is 10.9 Å². The second-order valence-corrected chi connectivity index (χ2v) is 12.5. The fourth-order valence-electron chi connectivity index (χ4n) is 4.51. The minimum Gasteiger partial charge on any atom is -0.508 e. The van der Waals surface area contributed by atoms with Gasteiger partial charge in [0.2, 0.25) is 0 Å². The van der Waals surface area contributed by atoms with Crippen LogP contribution in [0.3, 0.4) is 0 Å². The van der Waals surface area contributed by atoms with Crippen molar-refractivity contribution in [1.29, 1.82) is 0 Å². The Hall–Kier alpha value is -9.09. The molecule has 2 aromatic rings. The summed E-state index contributed by atoms with van der Waals surface area (Å²) in [5.74, 6) is 55.0. The molecular weight excluding hydrogens is 805 g/mol. The lowest BCUT2D eigenvalue weighted by molar-refractivity contribution is -0.138. The molecule has 10 heteroatoms. The van der Waals surface area contributed by atoms with Crippen LogP contribution in [-0.4, -0.2) is 52.0 Å². The third-order valence-corrected chi connectivity index (χ3v) is 7.24. The molecule has 0 radical (unpaired) electrons. The molecule has 64 heavy (non-hydrogen) atoms. The van der Waals surface area contributed by atoms with E-state index in [1.54, 1.807) is 32.0 Å². The van der Waals surface area contributed by atoms with Gasteiger partial charge in [-0.2, -0.15) is 0 Å². The van der Waals surface area contributed by atoms with Crippen molar-refractivity contribution in [1.82, 2.24) is 4.90 Å². The van der Waals surface area contributed by atoms with Gasteiger partial charge in [-0.25, -0.2) is 0 Å². The van der Waals surface area contributed by atoms with Gasteiger partial charge >= 0.3 is 5.97 Å².